The molecule has 0 saturated heterocycles. The summed E-state index contributed by atoms with van der Waals surface area (Å²) in [6.45, 7) is 3.33. The number of aromatic nitrogens is 4. The van der Waals surface area contributed by atoms with Crippen molar-refractivity contribution in [3.05, 3.63) is 34.9 Å². The Kier molecular flexibility index (Phi) is 5.20. The van der Waals surface area contributed by atoms with Crippen molar-refractivity contribution in [3.8, 4) is 0 Å². The lowest BCUT2D eigenvalue weighted by atomic mass is 10.3. The molecule has 0 saturated carbocycles. The van der Waals surface area contributed by atoms with Crippen molar-refractivity contribution in [1.29, 1.82) is 0 Å². The van der Waals surface area contributed by atoms with Crippen LogP contribution in [0.4, 0.5) is 0 Å². The van der Waals surface area contributed by atoms with Crippen molar-refractivity contribution < 1.29 is 9.26 Å². The molecule has 23 heavy (non-hydrogen) atoms. The molecule has 0 aliphatic rings. The van der Waals surface area contributed by atoms with Gasteiger partial charge in [0.2, 0.25) is 5.89 Å². The number of fused-ring (bicyclic) bond motifs is 1. The Bertz CT molecular complexity index is 802. The Morgan fingerprint density at radius 1 is 1.35 bits per heavy atom. The molecule has 0 fully saturated rings. The van der Waals surface area contributed by atoms with E-state index in [0.29, 0.717) is 23.3 Å². The molecule has 3 rings (SSSR count). The van der Waals surface area contributed by atoms with E-state index in [1.54, 1.807) is 18.9 Å². The number of imidazole rings is 1. The summed E-state index contributed by atoms with van der Waals surface area (Å²) in [5.74, 6) is 1.91. The maximum Gasteiger partial charge on any atom is 0.237 e. The van der Waals surface area contributed by atoms with Gasteiger partial charge in [0.25, 0.3) is 0 Å². The molecule has 3 aromatic rings. The predicted octanol–water partition coefficient (Wildman–Crippen LogP) is 3.57. The molecule has 0 amide bonds. The molecule has 0 spiro atoms. The number of aryl methyl sites for hydroxylation is 1. The molecule has 0 atom stereocenters. The van der Waals surface area contributed by atoms with Crippen LogP contribution in [0.1, 0.15) is 18.6 Å². The molecule has 0 aliphatic heterocycles. The third kappa shape index (κ3) is 3.68. The third-order valence-corrected chi connectivity index (χ3v) is 4.54. The van der Waals surface area contributed by atoms with Crippen LogP contribution in [0.3, 0.4) is 0 Å². The Morgan fingerprint density at radius 2 is 2.22 bits per heavy atom. The first-order valence-electron chi connectivity index (χ1n) is 7.30. The molecule has 0 aliphatic carbocycles. The highest BCUT2D eigenvalue weighted by atomic mass is 35.5. The molecule has 122 valence electrons. The number of hydrogen-bond acceptors (Lipinski definition) is 6. The van der Waals surface area contributed by atoms with E-state index in [1.807, 2.05) is 25.1 Å². The van der Waals surface area contributed by atoms with Crippen LogP contribution in [0, 0.1) is 0 Å². The van der Waals surface area contributed by atoms with E-state index in [0.717, 1.165) is 35.0 Å². The first-order valence-corrected chi connectivity index (χ1v) is 8.66. The zero-order valence-corrected chi connectivity index (χ0v) is 14.5. The van der Waals surface area contributed by atoms with Crippen LogP contribution < -0.4 is 0 Å². The van der Waals surface area contributed by atoms with Gasteiger partial charge in [0.05, 0.1) is 23.4 Å². The van der Waals surface area contributed by atoms with Gasteiger partial charge in [0.15, 0.2) is 11.0 Å². The highest BCUT2D eigenvalue weighted by molar-refractivity contribution is 7.98. The smallest absolute Gasteiger partial charge is 0.237 e. The molecular formula is C15H17ClN4O2S. The van der Waals surface area contributed by atoms with Crippen LogP contribution >= 0.6 is 23.4 Å². The lowest BCUT2D eigenvalue weighted by Crippen LogP contribution is -2.05. The van der Waals surface area contributed by atoms with Crippen LogP contribution in [0.15, 0.2) is 27.9 Å². The third-order valence-electron chi connectivity index (χ3n) is 3.35. The van der Waals surface area contributed by atoms with Crippen LogP contribution in [-0.4, -0.2) is 33.4 Å². The Morgan fingerprint density at radius 3 is 2.96 bits per heavy atom. The summed E-state index contributed by atoms with van der Waals surface area (Å²) in [6.07, 6.45) is 0.763. The quantitative estimate of drug-likeness (QED) is 0.605. The fourth-order valence-corrected chi connectivity index (χ4v) is 3.25. The summed E-state index contributed by atoms with van der Waals surface area (Å²) in [5.41, 5.74) is 1.91. The second-order valence-electron chi connectivity index (χ2n) is 4.92. The summed E-state index contributed by atoms with van der Waals surface area (Å²) in [7, 11) is 1.69. The van der Waals surface area contributed by atoms with Gasteiger partial charge in [0, 0.05) is 25.1 Å². The van der Waals surface area contributed by atoms with Crippen molar-refractivity contribution in [2.75, 3.05) is 13.7 Å². The molecule has 2 aromatic heterocycles. The number of benzene rings is 1. The number of rotatable bonds is 7. The largest absolute Gasteiger partial charge is 0.383 e. The van der Waals surface area contributed by atoms with Crippen LogP contribution in [0.2, 0.25) is 5.02 Å². The molecule has 0 unspecified atom stereocenters. The van der Waals surface area contributed by atoms with Gasteiger partial charge in [-0.1, -0.05) is 35.4 Å². The van der Waals surface area contributed by atoms with Crippen molar-refractivity contribution in [1.82, 2.24) is 19.7 Å². The summed E-state index contributed by atoms with van der Waals surface area (Å²) < 4.78 is 12.5. The Balaban J connectivity index is 1.85. The normalized spacial score (nSPS) is 11.4. The highest BCUT2D eigenvalue weighted by Gasteiger charge is 2.13. The first kappa shape index (κ1) is 16.3. The minimum atomic E-state index is 0.580. The van der Waals surface area contributed by atoms with Gasteiger partial charge in [-0.05, 0) is 18.2 Å². The van der Waals surface area contributed by atoms with E-state index in [2.05, 4.69) is 19.7 Å². The van der Waals surface area contributed by atoms with Crippen molar-refractivity contribution in [2.24, 2.45) is 0 Å². The molecule has 2 heterocycles. The summed E-state index contributed by atoms with van der Waals surface area (Å²) in [6, 6.07) is 5.72. The average Bonchev–Trinajstić information content (AvgIpc) is 3.14. The van der Waals surface area contributed by atoms with Crippen LogP contribution in [0.25, 0.3) is 11.0 Å². The number of hydrogen-bond donors (Lipinski definition) is 0. The Labute approximate surface area is 143 Å². The van der Waals surface area contributed by atoms with Gasteiger partial charge in [0.1, 0.15) is 0 Å². The van der Waals surface area contributed by atoms with Crippen molar-refractivity contribution in [2.45, 2.75) is 30.8 Å². The van der Waals surface area contributed by atoms with Crippen molar-refractivity contribution in [3.63, 3.8) is 0 Å². The van der Waals surface area contributed by atoms with Gasteiger partial charge in [-0.3, -0.25) is 0 Å². The molecule has 6 nitrogen and oxygen atoms in total. The minimum Gasteiger partial charge on any atom is -0.383 e. The van der Waals surface area contributed by atoms with Gasteiger partial charge in [-0.15, -0.1) is 0 Å². The molecule has 1 aromatic carbocycles. The number of methoxy groups -OCH3 is 1. The second-order valence-corrected chi connectivity index (χ2v) is 6.30. The first-order chi connectivity index (χ1) is 11.2. The van der Waals surface area contributed by atoms with E-state index in [9.17, 15) is 0 Å². The molecule has 0 radical (unpaired) electrons. The zero-order valence-electron chi connectivity index (χ0n) is 13.0. The standard InChI is InChI=1S/C15H17ClN4O2S/c1-3-13-18-14(22-19-13)9-23-15-17-11-8-10(16)4-5-12(11)20(15)6-7-21-2/h4-5,8H,3,6-7,9H2,1-2H3. The van der Waals surface area contributed by atoms with Crippen LogP contribution in [0.5, 0.6) is 0 Å². The molecule has 0 bridgehead atoms. The van der Waals surface area contributed by atoms with Gasteiger partial charge >= 0.3 is 0 Å². The topological polar surface area (TPSA) is 66.0 Å². The van der Waals surface area contributed by atoms with Crippen molar-refractivity contribution >= 4 is 34.4 Å². The molecule has 0 N–H and O–H groups in total. The zero-order chi connectivity index (χ0) is 16.2. The van der Waals surface area contributed by atoms with E-state index in [4.69, 9.17) is 20.9 Å². The number of nitrogens with zero attached hydrogens (tertiary/aromatic N) is 4. The van der Waals surface area contributed by atoms with E-state index < -0.39 is 0 Å². The fraction of sp³-hybridized carbons (Fsp3) is 0.400. The van der Waals surface area contributed by atoms with E-state index in [-0.39, 0.29) is 0 Å². The second kappa shape index (κ2) is 7.33. The van der Waals surface area contributed by atoms with Gasteiger partial charge in [-0.25, -0.2) is 4.98 Å². The molecule has 8 heteroatoms. The van der Waals surface area contributed by atoms with E-state index >= 15 is 0 Å². The van der Waals surface area contributed by atoms with Gasteiger partial charge < -0.3 is 13.8 Å². The SMILES string of the molecule is CCc1noc(CSc2nc3cc(Cl)ccc3n2CCOC)n1. The van der Waals surface area contributed by atoms with Gasteiger partial charge in [-0.2, -0.15) is 4.98 Å². The summed E-state index contributed by atoms with van der Waals surface area (Å²) in [5, 5.41) is 5.47. The Hall–Kier alpha value is -1.57. The number of ether oxygens (including phenoxy) is 1. The number of halogens is 1. The average molecular weight is 353 g/mol. The highest BCUT2D eigenvalue weighted by Crippen LogP contribution is 2.28. The fourth-order valence-electron chi connectivity index (χ4n) is 2.21. The lowest BCUT2D eigenvalue weighted by Gasteiger charge is -2.07. The minimum absolute atomic E-state index is 0.580. The monoisotopic (exact) mass is 352 g/mol. The summed E-state index contributed by atoms with van der Waals surface area (Å²) >= 11 is 7.63. The van der Waals surface area contributed by atoms with Crippen LogP contribution in [-0.2, 0) is 23.5 Å². The molecular weight excluding hydrogens is 336 g/mol. The van der Waals surface area contributed by atoms with E-state index in [1.165, 1.54) is 0 Å². The predicted molar refractivity (Wildman–Crippen MR) is 89.9 cm³/mol. The number of thioether (sulfide) groups is 1. The summed E-state index contributed by atoms with van der Waals surface area (Å²) in [4.78, 5) is 8.99. The maximum absolute atomic E-state index is 6.06. The maximum atomic E-state index is 6.06. The lowest BCUT2D eigenvalue weighted by molar-refractivity contribution is 0.186.